The Kier molecular flexibility index (Phi) is 2.68. The predicted molar refractivity (Wildman–Crippen MR) is 75.0 cm³/mol. The summed E-state index contributed by atoms with van der Waals surface area (Å²) in [6.45, 7) is 0. The molecule has 1 heterocycles. The molecule has 1 aliphatic heterocycles. The minimum atomic E-state index is -0.387. The van der Waals surface area contributed by atoms with Gasteiger partial charge in [0.05, 0.1) is 23.9 Å². The number of rotatable bonds is 2. The van der Waals surface area contributed by atoms with Crippen molar-refractivity contribution in [2.75, 3.05) is 17.7 Å². The maximum absolute atomic E-state index is 12.4. The van der Waals surface area contributed by atoms with E-state index in [1.807, 2.05) is 0 Å². The summed E-state index contributed by atoms with van der Waals surface area (Å²) in [5.74, 6) is -0.286. The molecule has 20 heavy (non-hydrogen) atoms. The summed E-state index contributed by atoms with van der Waals surface area (Å²) in [6, 6.07) is 11.6. The maximum atomic E-state index is 12.4. The van der Waals surface area contributed by atoms with E-state index in [1.54, 1.807) is 36.4 Å². The van der Waals surface area contributed by atoms with Gasteiger partial charge in [-0.2, -0.15) is 0 Å². The van der Waals surface area contributed by atoms with Crippen LogP contribution in [0.4, 0.5) is 11.4 Å². The smallest absolute Gasteiger partial charge is 0.266 e. The van der Waals surface area contributed by atoms with E-state index in [0.717, 1.165) is 4.90 Å². The van der Waals surface area contributed by atoms with Crippen LogP contribution in [0.5, 0.6) is 5.75 Å². The highest BCUT2D eigenvalue weighted by Crippen LogP contribution is 2.34. The van der Waals surface area contributed by atoms with Gasteiger partial charge in [-0.3, -0.25) is 9.59 Å². The largest absolute Gasteiger partial charge is 0.495 e. The van der Waals surface area contributed by atoms with Crippen molar-refractivity contribution in [2.45, 2.75) is 0 Å². The standard InChI is InChI=1S/C15H12N2O3/c1-20-13-5-3-2-4-12(13)17-14(18)10-7-6-9(16)8-11(10)15(17)19/h2-8H,16H2,1H3. The molecule has 0 aromatic heterocycles. The first-order valence-electron chi connectivity index (χ1n) is 6.05. The van der Waals surface area contributed by atoms with E-state index in [4.69, 9.17) is 10.5 Å². The van der Waals surface area contributed by atoms with Crippen LogP contribution in [0.25, 0.3) is 0 Å². The van der Waals surface area contributed by atoms with E-state index in [-0.39, 0.29) is 11.8 Å². The predicted octanol–water partition coefficient (Wildman–Crippen LogP) is 2.08. The number of carbonyl (C=O) groups is 2. The summed E-state index contributed by atoms with van der Waals surface area (Å²) in [5.41, 5.74) is 7.23. The molecule has 5 nitrogen and oxygen atoms in total. The number of imide groups is 1. The van der Waals surface area contributed by atoms with Crippen molar-refractivity contribution in [3.8, 4) is 5.75 Å². The molecular weight excluding hydrogens is 256 g/mol. The lowest BCUT2D eigenvalue weighted by Crippen LogP contribution is -2.29. The molecule has 0 spiro atoms. The third-order valence-electron chi connectivity index (χ3n) is 3.24. The number of para-hydroxylation sites is 2. The van der Waals surface area contributed by atoms with Gasteiger partial charge >= 0.3 is 0 Å². The number of benzene rings is 2. The van der Waals surface area contributed by atoms with Crippen molar-refractivity contribution in [3.63, 3.8) is 0 Å². The van der Waals surface area contributed by atoms with Crippen LogP contribution < -0.4 is 15.4 Å². The van der Waals surface area contributed by atoms with Gasteiger partial charge in [0.1, 0.15) is 5.75 Å². The second-order valence-corrected chi connectivity index (χ2v) is 4.42. The molecule has 0 radical (unpaired) electrons. The van der Waals surface area contributed by atoms with E-state index < -0.39 is 0 Å². The average molecular weight is 268 g/mol. The van der Waals surface area contributed by atoms with E-state index in [1.165, 1.54) is 13.2 Å². The molecule has 3 rings (SSSR count). The zero-order valence-corrected chi connectivity index (χ0v) is 10.8. The van der Waals surface area contributed by atoms with Crippen LogP contribution in [0.2, 0.25) is 0 Å². The van der Waals surface area contributed by atoms with Crippen LogP contribution in [-0.2, 0) is 0 Å². The molecule has 0 aliphatic carbocycles. The molecule has 0 unspecified atom stereocenters. The SMILES string of the molecule is COc1ccccc1N1C(=O)c2ccc(N)cc2C1=O. The summed E-state index contributed by atoms with van der Waals surface area (Å²) in [4.78, 5) is 25.9. The highest BCUT2D eigenvalue weighted by atomic mass is 16.5. The van der Waals surface area contributed by atoms with E-state index in [9.17, 15) is 9.59 Å². The number of amides is 2. The molecule has 2 amide bonds. The minimum Gasteiger partial charge on any atom is -0.495 e. The summed E-state index contributed by atoms with van der Waals surface area (Å²) >= 11 is 0. The van der Waals surface area contributed by atoms with Gasteiger partial charge in [0.2, 0.25) is 0 Å². The fraction of sp³-hybridized carbons (Fsp3) is 0.0667. The van der Waals surface area contributed by atoms with Crippen molar-refractivity contribution in [3.05, 3.63) is 53.6 Å². The lowest BCUT2D eigenvalue weighted by molar-refractivity contribution is 0.0925. The monoisotopic (exact) mass is 268 g/mol. The molecule has 0 fully saturated rings. The highest BCUT2D eigenvalue weighted by Gasteiger charge is 2.37. The number of ether oxygens (including phenoxy) is 1. The number of carbonyl (C=O) groups excluding carboxylic acids is 2. The number of nitrogens with zero attached hydrogens (tertiary/aromatic N) is 1. The number of anilines is 2. The van der Waals surface area contributed by atoms with Gasteiger partial charge in [-0.05, 0) is 30.3 Å². The Morgan fingerprint density at radius 3 is 2.45 bits per heavy atom. The number of nitrogen functional groups attached to an aromatic ring is 1. The Bertz CT molecular complexity index is 725. The lowest BCUT2D eigenvalue weighted by atomic mass is 10.1. The third kappa shape index (κ3) is 1.64. The van der Waals surface area contributed by atoms with Gasteiger partial charge in [0.25, 0.3) is 11.8 Å². The molecule has 1 aliphatic rings. The first-order valence-corrected chi connectivity index (χ1v) is 6.05. The zero-order valence-electron chi connectivity index (χ0n) is 10.8. The Labute approximate surface area is 115 Å². The first-order chi connectivity index (χ1) is 9.63. The molecule has 2 aromatic rings. The van der Waals surface area contributed by atoms with E-state index in [2.05, 4.69) is 0 Å². The quantitative estimate of drug-likeness (QED) is 0.668. The second kappa shape index (κ2) is 4.38. The van der Waals surface area contributed by atoms with Gasteiger partial charge in [0, 0.05) is 5.69 Å². The molecule has 0 saturated heterocycles. The van der Waals surface area contributed by atoms with Crippen LogP contribution in [0.15, 0.2) is 42.5 Å². The Morgan fingerprint density at radius 1 is 1.00 bits per heavy atom. The fourth-order valence-electron chi connectivity index (χ4n) is 2.29. The van der Waals surface area contributed by atoms with Gasteiger partial charge < -0.3 is 10.5 Å². The third-order valence-corrected chi connectivity index (χ3v) is 3.24. The van der Waals surface area contributed by atoms with Crippen molar-refractivity contribution >= 4 is 23.2 Å². The van der Waals surface area contributed by atoms with Crippen molar-refractivity contribution in [1.82, 2.24) is 0 Å². The number of nitrogens with two attached hydrogens (primary N) is 1. The first kappa shape index (κ1) is 12.2. The molecule has 2 N–H and O–H groups in total. The molecule has 2 aromatic carbocycles. The van der Waals surface area contributed by atoms with Crippen molar-refractivity contribution < 1.29 is 14.3 Å². The Morgan fingerprint density at radius 2 is 1.70 bits per heavy atom. The van der Waals surface area contributed by atoms with Crippen LogP contribution >= 0.6 is 0 Å². The molecule has 0 bridgehead atoms. The summed E-state index contributed by atoms with van der Waals surface area (Å²) in [7, 11) is 1.50. The lowest BCUT2D eigenvalue weighted by Gasteiger charge is -2.16. The van der Waals surface area contributed by atoms with E-state index in [0.29, 0.717) is 28.3 Å². The van der Waals surface area contributed by atoms with Gasteiger partial charge in [-0.1, -0.05) is 12.1 Å². The molecule has 0 saturated carbocycles. The van der Waals surface area contributed by atoms with Gasteiger partial charge in [-0.15, -0.1) is 0 Å². The van der Waals surface area contributed by atoms with E-state index >= 15 is 0 Å². The fourth-order valence-corrected chi connectivity index (χ4v) is 2.29. The molecular formula is C15H12N2O3. The summed E-state index contributed by atoms with van der Waals surface area (Å²) < 4.78 is 5.21. The number of hydrogen-bond acceptors (Lipinski definition) is 4. The summed E-state index contributed by atoms with van der Waals surface area (Å²) in [6.07, 6.45) is 0. The number of fused-ring (bicyclic) bond motifs is 1. The average Bonchev–Trinajstić information content (AvgIpc) is 2.70. The van der Waals surface area contributed by atoms with Crippen LogP contribution in [0.1, 0.15) is 20.7 Å². The Hall–Kier alpha value is -2.82. The molecule has 5 heteroatoms. The maximum Gasteiger partial charge on any atom is 0.266 e. The summed E-state index contributed by atoms with van der Waals surface area (Å²) in [5, 5.41) is 0. The van der Waals surface area contributed by atoms with Gasteiger partial charge in [0.15, 0.2) is 0 Å². The van der Waals surface area contributed by atoms with Crippen LogP contribution in [0, 0.1) is 0 Å². The second-order valence-electron chi connectivity index (χ2n) is 4.42. The van der Waals surface area contributed by atoms with Gasteiger partial charge in [-0.25, -0.2) is 4.90 Å². The van der Waals surface area contributed by atoms with Crippen LogP contribution in [0.3, 0.4) is 0 Å². The minimum absolute atomic E-state index is 0.320. The van der Waals surface area contributed by atoms with Crippen molar-refractivity contribution in [1.29, 1.82) is 0 Å². The van der Waals surface area contributed by atoms with Crippen molar-refractivity contribution in [2.24, 2.45) is 0 Å². The Balaban J connectivity index is 2.14. The highest BCUT2D eigenvalue weighted by molar-refractivity contribution is 6.35. The molecule has 100 valence electrons. The topological polar surface area (TPSA) is 72.6 Å². The normalized spacial score (nSPS) is 13.6. The molecule has 0 atom stereocenters. The zero-order chi connectivity index (χ0) is 14.3. The van der Waals surface area contributed by atoms with Crippen LogP contribution in [-0.4, -0.2) is 18.9 Å². The number of hydrogen-bond donors (Lipinski definition) is 1. The number of methoxy groups -OCH3 is 1.